The van der Waals surface area contributed by atoms with Crippen molar-refractivity contribution in [1.82, 2.24) is 54.0 Å². The highest BCUT2D eigenvalue weighted by molar-refractivity contribution is 5.92. The molecule has 0 saturated carbocycles. The molecule has 0 aromatic rings. The van der Waals surface area contributed by atoms with E-state index >= 15 is 0 Å². The SMILES string of the molecule is CCCCCCCCCCCCCCCCC/C=N/NOCC(=O)NCCNC(=O)CC[C@H](N=C(N)N)C(=O)N[C@@H](CCC(=O)NCCNC(=O)CON/N=C/CCCCCCCCCCCCCCCCC)C(=O)NCCNC(=O)CON/N=C/CCCCCCCCCCCCCCCCC. The average molecular weight is 1460 g/mol. The predicted molar refractivity (Wildman–Crippen MR) is 419 cm³/mol. The number of carbonyl (C=O) groups excluding carboxylic acids is 7. The Balaban J connectivity index is 4.90. The van der Waals surface area contributed by atoms with Gasteiger partial charge in [-0.2, -0.15) is 32.1 Å². The van der Waals surface area contributed by atoms with Crippen LogP contribution < -0.4 is 65.5 Å². The molecular weight excluding hydrogens is 1310 g/mol. The second-order valence-corrected chi connectivity index (χ2v) is 27.5. The molecule has 26 heteroatoms. The molecule has 0 unspecified atom stereocenters. The molecule has 0 aliphatic rings. The first-order valence-corrected chi connectivity index (χ1v) is 41.1. The summed E-state index contributed by atoms with van der Waals surface area (Å²) < 4.78 is 0. The van der Waals surface area contributed by atoms with Crippen molar-refractivity contribution in [3.8, 4) is 0 Å². The van der Waals surface area contributed by atoms with E-state index in [0.717, 1.165) is 57.8 Å². The Labute approximate surface area is 622 Å². The predicted octanol–water partition coefficient (Wildman–Crippen LogP) is 12.7. The summed E-state index contributed by atoms with van der Waals surface area (Å²) in [7, 11) is 0. The van der Waals surface area contributed by atoms with E-state index in [1.54, 1.807) is 18.6 Å². The normalized spacial score (nSPS) is 12.0. The summed E-state index contributed by atoms with van der Waals surface area (Å²) in [5.74, 6) is -4.17. The van der Waals surface area contributed by atoms with Crippen LogP contribution in [-0.4, -0.2) is 137 Å². The largest absolute Gasteiger partial charge is 0.370 e. The van der Waals surface area contributed by atoms with Crippen molar-refractivity contribution in [2.45, 2.75) is 367 Å². The summed E-state index contributed by atoms with van der Waals surface area (Å²) in [4.78, 5) is 110. The summed E-state index contributed by atoms with van der Waals surface area (Å²) in [5.41, 5.74) is 18.7. The number of hydrazone groups is 3. The number of hydrogen-bond acceptors (Lipinski definition) is 17. The Morgan fingerprint density at radius 2 is 0.553 bits per heavy atom. The van der Waals surface area contributed by atoms with Gasteiger partial charge < -0.3 is 48.7 Å². The van der Waals surface area contributed by atoms with E-state index in [2.05, 4.69) is 95.1 Å². The number of nitrogens with two attached hydrogens (primary N) is 2. The molecule has 0 saturated heterocycles. The molecule has 0 heterocycles. The van der Waals surface area contributed by atoms with E-state index < -0.39 is 59.4 Å². The first-order chi connectivity index (χ1) is 50.4. The quantitative estimate of drug-likeness (QED) is 0.0117. The summed E-state index contributed by atoms with van der Waals surface area (Å²) in [5, 5.41) is 30.6. The van der Waals surface area contributed by atoms with Crippen LogP contribution in [0.25, 0.3) is 0 Å². The van der Waals surface area contributed by atoms with E-state index in [9.17, 15) is 33.6 Å². The molecule has 0 aromatic carbocycles. The van der Waals surface area contributed by atoms with Gasteiger partial charge in [0.2, 0.25) is 41.4 Å². The fourth-order valence-electron chi connectivity index (χ4n) is 11.7. The molecule has 0 bridgehead atoms. The molecule has 0 spiro atoms. The number of aliphatic imine (C=N–C) groups is 1. The lowest BCUT2D eigenvalue weighted by molar-refractivity contribution is -0.131. The molecule has 14 N–H and O–H groups in total. The van der Waals surface area contributed by atoms with Gasteiger partial charge in [0.05, 0.1) is 0 Å². The first kappa shape index (κ1) is 96.8. The minimum Gasteiger partial charge on any atom is -0.370 e. The van der Waals surface area contributed by atoms with Crippen molar-refractivity contribution < 1.29 is 48.1 Å². The molecule has 0 rings (SSSR count). The fraction of sp³-hybridized carbons (Fsp3) is 0.857. The molecule has 0 aliphatic heterocycles. The standard InChI is InChI=1S/C77H150N16O10/c1-4-7-10-13-16-19-22-25-28-31-34-37-40-43-46-49-56-86-91-101-65-72(96)82-61-59-80-70(94)54-52-68(75(99)85-64-63-84-74(98)67-103-93-88-58-51-48-45-42-39-36-33-30-27-24-21-18-15-12-9-6-3)89-76(100)69(90-77(78)79)53-55-71(95)81-60-62-83-73(97)66-102-92-87-57-50-47-44-41-38-35-32-29-26-23-20-17-14-11-8-5-2/h56-58,68-69,91-93H,4-55,59-67H2,1-3H3,(H,80,94)(H,81,95)(H,82,96)(H,83,97)(H,84,98)(H,85,99)(H,89,100)(H4,78,79,90)/b86-56+,87-57+,88-58+/t68-,69-/m0/s1. The number of nitrogens with zero attached hydrogens (tertiary/aromatic N) is 4. The third-order valence-electron chi connectivity index (χ3n) is 17.9. The van der Waals surface area contributed by atoms with E-state index in [1.807, 2.05) is 0 Å². The van der Waals surface area contributed by atoms with Gasteiger partial charge >= 0.3 is 0 Å². The monoisotopic (exact) mass is 1460 g/mol. The number of unbranched alkanes of at least 4 members (excludes halogenated alkanes) is 45. The summed E-state index contributed by atoms with van der Waals surface area (Å²) in [6.07, 6.45) is 65.4. The van der Waals surface area contributed by atoms with Gasteiger partial charge in [-0.3, -0.25) is 33.6 Å². The van der Waals surface area contributed by atoms with Gasteiger partial charge in [-0.05, 0) is 51.4 Å². The van der Waals surface area contributed by atoms with Crippen molar-refractivity contribution in [3.63, 3.8) is 0 Å². The van der Waals surface area contributed by atoms with Gasteiger partial charge in [0.1, 0.15) is 12.1 Å². The Kier molecular flexibility index (Phi) is 73.8. The highest BCUT2D eigenvalue weighted by atomic mass is 16.7. The maximum absolute atomic E-state index is 13.8. The van der Waals surface area contributed by atoms with Gasteiger partial charge in [-0.1, -0.05) is 290 Å². The van der Waals surface area contributed by atoms with Crippen LogP contribution in [0.4, 0.5) is 0 Å². The summed E-state index contributed by atoms with van der Waals surface area (Å²) >= 11 is 0. The average Bonchev–Trinajstić information content (AvgIpc) is 0.895. The topological polar surface area (TPSA) is 369 Å². The Bertz CT molecular complexity index is 2140. The summed E-state index contributed by atoms with van der Waals surface area (Å²) in [6, 6.07) is -2.59. The molecule has 598 valence electrons. The van der Waals surface area contributed by atoms with E-state index in [1.165, 1.54) is 250 Å². The minimum atomic E-state index is -1.31. The molecule has 0 aromatic heterocycles. The highest BCUT2D eigenvalue weighted by Gasteiger charge is 2.27. The van der Waals surface area contributed by atoms with Gasteiger partial charge in [0.25, 0.3) is 0 Å². The van der Waals surface area contributed by atoms with Crippen LogP contribution in [0.15, 0.2) is 20.3 Å². The molecule has 7 amide bonds. The van der Waals surface area contributed by atoms with Gasteiger partial charge in [0.15, 0.2) is 25.8 Å². The van der Waals surface area contributed by atoms with Crippen LogP contribution >= 0.6 is 0 Å². The van der Waals surface area contributed by atoms with Gasteiger partial charge in [-0.15, -0.1) is 0 Å². The van der Waals surface area contributed by atoms with Crippen molar-refractivity contribution >= 4 is 66.0 Å². The lowest BCUT2D eigenvalue weighted by Crippen LogP contribution is -2.51. The van der Waals surface area contributed by atoms with Crippen LogP contribution in [-0.2, 0) is 48.1 Å². The lowest BCUT2D eigenvalue weighted by atomic mass is 10.0. The van der Waals surface area contributed by atoms with Crippen LogP contribution in [0.1, 0.15) is 355 Å². The number of rotatable bonds is 79. The molecule has 0 fully saturated rings. The van der Waals surface area contributed by atoms with Crippen LogP contribution in [0.5, 0.6) is 0 Å². The zero-order valence-corrected chi connectivity index (χ0v) is 65.0. The number of hydrogen-bond donors (Lipinski definition) is 12. The first-order valence-electron chi connectivity index (χ1n) is 41.1. The lowest BCUT2D eigenvalue weighted by Gasteiger charge is -2.21. The van der Waals surface area contributed by atoms with E-state index in [4.69, 9.17) is 26.0 Å². The Morgan fingerprint density at radius 1 is 0.311 bits per heavy atom. The Morgan fingerprint density at radius 3 is 0.825 bits per heavy atom. The van der Waals surface area contributed by atoms with Gasteiger partial charge in [-0.25, -0.2) is 19.5 Å². The molecule has 0 aliphatic carbocycles. The number of amides is 7. The smallest absolute Gasteiger partial charge is 0.248 e. The molecule has 0 radical (unpaired) electrons. The zero-order valence-electron chi connectivity index (χ0n) is 65.0. The van der Waals surface area contributed by atoms with Gasteiger partial charge in [0, 0.05) is 70.8 Å². The second-order valence-electron chi connectivity index (χ2n) is 27.5. The highest BCUT2D eigenvalue weighted by Crippen LogP contribution is 2.17. The summed E-state index contributed by atoms with van der Waals surface area (Å²) in [6.45, 7) is 6.11. The maximum atomic E-state index is 13.8. The van der Waals surface area contributed by atoms with Crippen LogP contribution in [0.2, 0.25) is 0 Å². The third-order valence-corrected chi connectivity index (χ3v) is 17.9. The number of nitrogens with one attached hydrogen (secondary N) is 10. The molecular formula is C77H150N16O10. The van der Waals surface area contributed by atoms with Crippen LogP contribution in [0.3, 0.4) is 0 Å². The van der Waals surface area contributed by atoms with E-state index in [-0.39, 0.29) is 84.8 Å². The maximum Gasteiger partial charge on any atom is 0.248 e. The third kappa shape index (κ3) is 73.9. The van der Waals surface area contributed by atoms with Crippen molar-refractivity contribution in [2.75, 3.05) is 59.1 Å². The number of carbonyl (C=O) groups is 7. The van der Waals surface area contributed by atoms with Crippen LogP contribution in [0, 0.1) is 0 Å². The van der Waals surface area contributed by atoms with Crippen molar-refractivity contribution in [2.24, 2.45) is 31.8 Å². The second kappa shape index (κ2) is 78.4. The minimum absolute atomic E-state index is 0.00625. The molecule has 2 atom stereocenters. The van der Waals surface area contributed by atoms with Crippen molar-refractivity contribution in [3.05, 3.63) is 0 Å². The molecule has 26 nitrogen and oxygen atoms in total. The Hall–Kier alpha value is -6.15. The number of guanidine groups is 1. The molecule has 103 heavy (non-hydrogen) atoms. The zero-order chi connectivity index (χ0) is 75.0. The van der Waals surface area contributed by atoms with E-state index in [0.29, 0.717) is 0 Å². The van der Waals surface area contributed by atoms with Crippen molar-refractivity contribution in [1.29, 1.82) is 0 Å². The fourth-order valence-corrected chi connectivity index (χ4v) is 11.7.